The number of carbonyl (C=O) groups excluding carboxylic acids is 2. The van der Waals surface area contributed by atoms with E-state index in [0.717, 1.165) is 12.1 Å². The average Bonchev–Trinajstić information content (AvgIpc) is 2.72. The Balaban J connectivity index is 1.86. The van der Waals surface area contributed by atoms with Gasteiger partial charge < -0.3 is 20.3 Å². The molecule has 2 aliphatic heterocycles. The summed E-state index contributed by atoms with van der Waals surface area (Å²) >= 11 is 5.67. The highest BCUT2D eigenvalue weighted by atomic mass is 35.5. The van der Waals surface area contributed by atoms with Crippen LogP contribution in [-0.4, -0.2) is 54.9 Å². The van der Waals surface area contributed by atoms with Crippen LogP contribution in [0.2, 0.25) is 5.02 Å². The lowest BCUT2D eigenvalue weighted by atomic mass is 9.86. The van der Waals surface area contributed by atoms with Gasteiger partial charge in [-0.15, -0.1) is 0 Å². The van der Waals surface area contributed by atoms with Gasteiger partial charge in [0.1, 0.15) is 22.7 Å². The zero-order valence-electron chi connectivity index (χ0n) is 16.4. The van der Waals surface area contributed by atoms with Gasteiger partial charge in [-0.05, 0) is 25.8 Å². The van der Waals surface area contributed by atoms with Crippen LogP contribution >= 0.6 is 11.6 Å². The molecule has 0 saturated carbocycles. The number of benzene rings is 1. The Morgan fingerprint density at radius 2 is 2.03 bits per heavy atom. The number of amides is 3. The maximum Gasteiger partial charge on any atom is 0.414 e. The molecule has 2 saturated heterocycles. The van der Waals surface area contributed by atoms with Gasteiger partial charge in [0.25, 0.3) is 0 Å². The Morgan fingerprint density at radius 3 is 2.65 bits per heavy atom. The largest absolute Gasteiger partial charge is 0.414 e. The van der Waals surface area contributed by atoms with E-state index in [1.807, 2.05) is 0 Å². The molecular weight excluding hydrogens is 449 g/mol. The van der Waals surface area contributed by atoms with E-state index < -0.39 is 59.6 Å². The zero-order chi connectivity index (χ0) is 22.9. The maximum atomic E-state index is 14.7. The summed E-state index contributed by atoms with van der Waals surface area (Å²) in [6, 6.07) is -0.640. The van der Waals surface area contributed by atoms with Crippen molar-refractivity contribution >= 4 is 23.5 Å². The third-order valence-corrected chi connectivity index (χ3v) is 5.93. The van der Waals surface area contributed by atoms with Gasteiger partial charge in [-0.2, -0.15) is 13.2 Å². The van der Waals surface area contributed by atoms with Crippen molar-refractivity contribution in [3.63, 3.8) is 0 Å². The van der Waals surface area contributed by atoms with Crippen LogP contribution in [0.4, 0.5) is 26.7 Å². The third-order valence-electron chi connectivity index (χ3n) is 5.59. The van der Waals surface area contributed by atoms with Crippen LogP contribution in [0.15, 0.2) is 12.1 Å². The van der Waals surface area contributed by atoms with E-state index in [9.17, 15) is 31.5 Å². The van der Waals surface area contributed by atoms with Gasteiger partial charge in [-0.3, -0.25) is 4.79 Å². The molecule has 172 valence electrons. The smallest absolute Gasteiger partial charge is 0.368 e. The predicted octanol–water partition coefficient (Wildman–Crippen LogP) is 3.55. The Kier molecular flexibility index (Phi) is 6.95. The van der Waals surface area contributed by atoms with E-state index in [1.165, 1.54) is 11.8 Å². The van der Waals surface area contributed by atoms with Crippen LogP contribution < -0.4 is 10.6 Å². The fraction of sp³-hybridized carbons (Fsp3) is 0.579. The Hall–Kier alpha value is -2.14. The summed E-state index contributed by atoms with van der Waals surface area (Å²) in [5, 5.41) is 4.41. The molecule has 0 spiro atoms. The van der Waals surface area contributed by atoms with E-state index in [0.29, 0.717) is 0 Å². The van der Waals surface area contributed by atoms with Crippen LogP contribution in [0.5, 0.6) is 0 Å². The topological polar surface area (TPSA) is 70.7 Å². The molecule has 0 aromatic heterocycles. The first-order valence-corrected chi connectivity index (χ1v) is 10.0. The van der Waals surface area contributed by atoms with E-state index >= 15 is 0 Å². The molecule has 1 aromatic carbocycles. The molecule has 12 heteroatoms. The number of nitrogens with zero attached hydrogens (tertiary/aromatic N) is 1. The van der Waals surface area contributed by atoms with Crippen molar-refractivity contribution in [2.45, 2.75) is 44.1 Å². The van der Waals surface area contributed by atoms with Gasteiger partial charge in [-0.1, -0.05) is 17.7 Å². The van der Waals surface area contributed by atoms with E-state index in [1.54, 1.807) is 0 Å². The van der Waals surface area contributed by atoms with Gasteiger partial charge in [0, 0.05) is 24.6 Å². The minimum absolute atomic E-state index is 0.0282. The number of urea groups is 1. The van der Waals surface area contributed by atoms with Crippen molar-refractivity contribution in [3.05, 3.63) is 34.4 Å². The summed E-state index contributed by atoms with van der Waals surface area (Å²) < 4.78 is 72.1. The highest BCUT2D eigenvalue weighted by molar-refractivity contribution is 6.31. The summed E-state index contributed by atoms with van der Waals surface area (Å²) in [5.74, 6) is -3.23. The first kappa shape index (κ1) is 23.5. The van der Waals surface area contributed by atoms with Crippen LogP contribution in [0.3, 0.4) is 0 Å². The molecule has 0 radical (unpaired) electrons. The molecule has 0 aliphatic carbocycles. The van der Waals surface area contributed by atoms with Crippen LogP contribution in [-0.2, 0) is 9.53 Å². The zero-order valence-corrected chi connectivity index (χ0v) is 17.2. The van der Waals surface area contributed by atoms with Gasteiger partial charge in [0.2, 0.25) is 5.91 Å². The number of ether oxygens (including phenoxy) is 1. The number of hydrogen-bond donors (Lipinski definition) is 2. The average molecular weight is 470 g/mol. The minimum atomic E-state index is -4.54. The van der Waals surface area contributed by atoms with Crippen LogP contribution in [0.25, 0.3) is 0 Å². The molecule has 2 aliphatic rings. The molecule has 1 aromatic rings. The monoisotopic (exact) mass is 469 g/mol. The summed E-state index contributed by atoms with van der Waals surface area (Å²) in [6.07, 6.45) is -6.89. The molecule has 1 unspecified atom stereocenters. The second kappa shape index (κ2) is 9.15. The second-order valence-electron chi connectivity index (χ2n) is 7.55. The minimum Gasteiger partial charge on any atom is -0.368 e. The Labute approximate surface area is 180 Å². The summed E-state index contributed by atoms with van der Waals surface area (Å²) in [4.78, 5) is 25.9. The summed E-state index contributed by atoms with van der Waals surface area (Å²) in [6.45, 7) is 1.52. The second-order valence-corrected chi connectivity index (χ2v) is 7.93. The van der Waals surface area contributed by atoms with Gasteiger partial charge in [-0.25, -0.2) is 13.6 Å². The lowest BCUT2D eigenvalue weighted by Crippen LogP contribution is -2.59. The standard InChI is InChI=1S/C19H21ClF5N3O3/c1-9-17(29)26-6-7-28(9)18(30)27-16(11-3-4-12(21)14(20)15(11)22)10-2-5-13(31-8-10)19(23,24)25/h3-4,9-10,13,16H,2,5-8H2,1H3,(H,26,29)(H,27,30)/t9-,10+,13-,16?/m1/s1. The molecule has 0 bridgehead atoms. The molecule has 3 rings (SSSR count). The first-order valence-electron chi connectivity index (χ1n) is 9.67. The fourth-order valence-corrected chi connectivity index (χ4v) is 3.97. The van der Waals surface area contributed by atoms with E-state index in [2.05, 4.69) is 10.6 Å². The Bertz CT molecular complexity index is 846. The number of piperazine rings is 1. The number of halogens is 6. The molecule has 6 nitrogen and oxygen atoms in total. The lowest BCUT2D eigenvalue weighted by Gasteiger charge is -2.38. The van der Waals surface area contributed by atoms with E-state index in [4.69, 9.17) is 16.3 Å². The number of alkyl halides is 3. The number of carbonyl (C=O) groups is 2. The number of nitrogens with one attached hydrogen (secondary N) is 2. The highest BCUT2D eigenvalue weighted by Gasteiger charge is 2.45. The number of rotatable bonds is 3. The normalized spacial score (nSPS) is 25.7. The lowest BCUT2D eigenvalue weighted by molar-refractivity contribution is -0.236. The van der Waals surface area contributed by atoms with Crippen molar-refractivity contribution < 1.29 is 36.3 Å². The summed E-state index contributed by atoms with van der Waals surface area (Å²) in [5.41, 5.74) is -0.173. The molecule has 2 fully saturated rings. The first-order chi connectivity index (χ1) is 14.5. The van der Waals surface area contributed by atoms with Crippen LogP contribution in [0.1, 0.15) is 31.4 Å². The van der Waals surface area contributed by atoms with Crippen molar-refractivity contribution in [3.8, 4) is 0 Å². The van der Waals surface area contributed by atoms with Gasteiger partial charge in [0.15, 0.2) is 6.10 Å². The Morgan fingerprint density at radius 1 is 1.32 bits per heavy atom. The molecule has 3 amide bonds. The summed E-state index contributed by atoms with van der Waals surface area (Å²) in [7, 11) is 0. The molecule has 2 N–H and O–H groups in total. The third kappa shape index (κ3) is 5.03. The van der Waals surface area contributed by atoms with Crippen LogP contribution in [0, 0.1) is 17.6 Å². The predicted molar refractivity (Wildman–Crippen MR) is 100 cm³/mol. The highest BCUT2D eigenvalue weighted by Crippen LogP contribution is 2.38. The fourth-order valence-electron chi connectivity index (χ4n) is 3.80. The number of hydrogen-bond acceptors (Lipinski definition) is 3. The van der Waals surface area contributed by atoms with Crippen molar-refractivity contribution in [1.82, 2.24) is 15.5 Å². The SMILES string of the molecule is C[C@@H]1C(=O)NCCN1C(=O)NC(c1ccc(F)c(Cl)c1F)[C@H]1CC[C@H](C(F)(F)F)OC1. The molecule has 31 heavy (non-hydrogen) atoms. The van der Waals surface area contributed by atoms with E-state index in [-0.39, 0.29) is 37.4 Å². The maximum absolute atomic E-state index is 14.7. The van der Waals surface area contributed by atoms with Gasteiger partial charge in [0.05, 0.1) is 12.6 Å². The molecule has 4 atom stereocenters. The molecular formula is C19H21ClF5N3O3. The van der Waals surface area contributed by atoms with Gasteiger partial charge >= 0.3 is 12.2 Å². The van der Waals surface area contributed by atoms with Crippen molar-refractivity contribution in [2.75, 3.05) is 19.7 Å². The van der Waals surface area contributed by atoms with Crippen molar-refractivity contribution in [2.24, 2.45) is 5.92 Å². The molecule has 2 heterocycles. The quantitative estimate of drug-likeness (QED) is 0.525. The van der Waals surface area contributed by atoms with Crippen molar-refractivity contribution in [1.29, 1.82) is 0 Å².